The fraction of sp³-hybridized carbons (Fsp3) is 0.462. The number of carboxylic acids is 1. The zero-order chi connectivity index (χ0) is 17.0. The first-order valence-electron chi connectivity index (χ1n) is 6.56. The van der Waals surface area contributed by atoms with Crippen LogP contribution >= 0.6 is 0 Å². The van der Waals surface area contributed by atoms with E-state index in [1.54, 1.807) is 0 Å². The fourth-order valence-electron chi connectivity index (χ4n) is 1.97. The predicted molar refractivity (Wildman–Crippen MR) is 69.1 cm³/mol. The number of carboxylic acid groups (broad SMARTS) is 1. The van der Waals surface area contributed by atoms with Gasteiger partial charge < -0.3 is 19.5 Å². The molecule has 0 spiro atoms. The van der Waals surface area contributed by atoms with Gasteiger partial charge in [0.05, 0.1) is 13.2 Å². The summed E-state index contributed by atoms with van der Waals surface area (Å²) in [5, 5.41) is 9.09. The van der Waals surface area contributed by atoms with E-state index in [1.807, 2.05) is 0 Å². The first-order chi connectivity index (χ1) is 10.8. The van der Waals surface area contributed by atoms with Gasteiger partial charge in [-0.2, -0.15) is 13.2 Å². The number of aliphatic carboxylic acids is 1. The maximum atomic E-state index is 12.3. The molecule has 2 heterocycles. The van der Waals surface area contributed by atoms with Crippen LogP contribution in [0, 0.1) is 0 Å². The van der Waals surface area contributed by atoms with Crippen LogP contribution in [0.15, 0.2) is 18.2 Å². The summed E-state index contributed by atoms with van der Waals surface area (Å²) in [6, 6.07) is 2.59. The number of aromatic nitrogens is 1. The van der Waals surface area contributed by atoms with E-state index in [0.29, 0.717) is 0 Å². The Morgan fingerprint density at radius 2 is 2.17 bits per heavy atom. The van der Waals surface area contributed by atoms with Crippen molar-refractivity contribution in [3.63, 3.8) is 0 Å². The topological polar surface area (TPSA) is 89.0 Å². The predicted octanol–water partition coefficient (Wildman–Crippen LogP) is 0.948. The first kappa shape index (κ1) is 17.0. The van der Waals surface area contributed by atoms with Crippen molar-refractivity contribution in [3.8, 4) is 5.88 Å². The highest BCUT2D eigenvalue weighted by Crippen LogP contribution is 2.18. The van der Waals surface area contributed by atoms with Crippen molar-refractivity contribution in [3.05, 3.63) is 23.9 Å². The number of nitrogens with zero attached hydrogens (tertiary/aromatic N) is 2. The van der Waals surface area contributed by atoms with Crippen molar-refractivity contribution in [2.75, 3.05) is 26.4 Å². The van der Waals surface area contributed by atoms with E-state index in [-0.39, 0.29) is 31.3 Å². The molecule has 10 heteroatoms. The summed E-state index contributed by atoms with van der Waals surface area (Å²) >= 11 is 0. The molecule has 126 valence electrons. The van der Waals surface area contributed by atoms with E-state index in [2.05, 4.69) is 9.72 Å². The zero-order valence-corrected chi connectivity index (χ0v) is 11.7. The van der Waals surface area contributed by atoms with Crippen LogP contribution in [0.4, 0.5) is 13.2 Å². The van der Waals surface area contributed by atoms with Crippen molar-refractivity contribution in [1.82, 2.24) is 9.88 Å². The SMILES string of the molecule is O=C(O)C1COCCN1C(=O)c1cccc(OCC(F)(F)F)n1. The van der Waals surface area contributed by atoms with E-state index in [1.165, 1.54) is 18.2 Å². The Morgan fingerprint density at radius 1 is 1.43 bits per heavy atom. The van der Waals surface area contributed by atoms with Crippen LogP contribution in [-0.2, 0) is 9.53 Å². The summed E-state index contributed by atoms with van der Waals surface area (Å²) in [5.74, 6) is -2.31. The molecule has 1 atom stereocenters. The number of hydrogen-bond acceptors (Lipinski definition) is 5. The third-order valence-corrected chi connectivity index (χ3v) is 3.00. The molecule has 0 radical (unpaired) electrons. The van der Waals surface area contributed by atoms with Crippen LogP contribution in [0.1, 0.15) is 10.5 Å². The summed E-state index contributed by atoms with van der Waals surface area (Å²) in [6.45, 7) is -1.48. The monoisotopic (exact) mass is 334 g/mol. The van der Waals surface area contributed by atoms with E-state index in [9.17, 15) is 22.8 Å². The number of morpholine rings is 1. The Kier molecular flexibility index (Phi) is 5.04. The Bertz CT molecular complexity index is 593. The quantitative estimate of drug-likeness (QED) is 0.882. The molecule has 1 aromatic heterocycles. The zero-order valence-electron chi connectivity index (χ0n) is 11.7. The molecular formula is C13H13F3N2O5. The molecule has 1 unspecified atom stereocenters. The number of carbonyl (C=O) groups excluding carboxylic acids is 1. The Hall–Kier alpha value is -2.36. The molecule has 1 aliphatic heterocycles. The van der Waals surface area contributed by atoms with Gasteiger partial charge >= 0.3 is 12.1 Å². The van der Waals surface area contributed by atoms with Crippen molar-refractivity contribution >= 4 is 11.9 Å². The summed E-state index contributed by atoms with van der Waals surface area (Å²) in [5.41, 5.74) is -0.196. The standard InChI is InChI=1S/C13H13F3N2O5/c14-13(15,16)7-23-10-3-1-2-8(17-10)11(19)18-4-5-22-6-9(18)12(20)21/h1-3,9H,4-7H2,(H,20,21). The lowest BCUT2D eigenvalue weighted by atomic mass is 10.2. The Balaban J connectivity index is 2.14. The molecule has 1 aliphatic rings. The number of hydrogen-bond donors (Lipinski definition) is 1. The molecule has 0 aromatic carbocycles. The molecule has 1 amide bonds. The van der Waals surface area contributed by atoms with Crippen LogP contribution in [-0.4, -0.2) is 65.5 Å². The molecule has 0 bridgehead atoms. The largest absolute Gasteiger partial charge is 0.480 e. The highest BCUT2D eigenvalue weighted by atomic mass is 19.4. The van der Waals surface area contributed by atoms with Crippen LogP contribution in [0.5, 0.6) is 5.88 Å². The lowest BCUT2D eigenvalue weighted by Crippen LogP contribution is -2.52. The van der Waals surface area contributed by atoms with E-state index in [0.717, 1.165) is 4.90 Å². The highest BCUT2D eigenvalue weighted by molar-refractivity contribution is 5.95. The van der Waals surface area contributed by atoms with Gasteiger partial charge in [0.1, 0.15) is 5.69 Å². The number of halogens is 3. The molecule has 1 saturated heterocycles. The van der Waals surface area contributed by atoms with Crippen LogP contribution in [0.2, 0.25) is 0 Å². The van der Waals surface area contributed by atoms with E-state index >= 15 is 0 Å². The van der Waals surface area contributed by atoms with Gasteiger partial charge in [0.2, 0.25) is 5.88 Å². The van der Waals surface area contributed by atoms with Gasteiger partial charge in [-0.25, -0.2) is 9.78 Å². The van der Waals surface area contributed by atoms with Gasteiger partial charge in [0.25, 0.3) is 5.91 Å². The molecule has 7 nitrogen and oxygen atoms in total. The highest BCUT2D eigenvalue weighted by Gasteiger charge is 2.34. The second kappa shape index (κ2) is 6.82. The lowest BCUT2D eigenvalue weighted by molar-refractivity contribution is -0.154. The van der Waals surface area contributed by atoms with Crippen LogP contribution < -0.4 is 4.74 Å². The number of carbonyl (C=O) groups is 2. The van der Waals surface area contributed by atoms with Gasteiger partial charge in [-0.1, -0.05) is 6.07 Å². The normalized spacial score (nSPS) is 18.6. The third-order valence-electron chi connectivity index (χ3n) is 3.00. The first-order valence-corrected chi connectivity index (χ1v) is 6.56. The molecule has 2 rings (SSSR count). The van der Waals surface area contributed by atoms with Crippen LogP contribution in [0.25, 0.3) is 0 Å². The summed E-state index contributed by atoms with van der Waals surface area (Å²) in [4.78, 5) is 28.2. The maximum absolute atomic E-state index is 12.3. The summed E-state index contributed by atoms with van der Waals surface area (Å²) < 4.78 is 45.9. The molecule has 1 N–H and O–H groups in total. The Morgan fingerprint density at radius 3 is 2.83 bits per heavy atom. The lowest BCUT2D eigenvalue weighted by Gasteiger charge is -2.32. The number of amides is 1. The minimum atomic E-state index is -4.53. The van der Waals surface area contributed by atoms with E-state index < -0.39 is 30.7 Å². The van der Waals surface area contributed by atoms with Gasteiger partial charge in [-0.15, -0.1) is 0 Å². The van der Waals surface area contributed by atoms with Crippen molar-refractivity contribution in [2.24, 2.45) is 0 Å². The van der Waals surface area contributed by atoms with Gasteiger partial charge in [0.15, 0.2) is 12.6 Å². The molecule has 23 heavy (non-hydrogen) atoms. The second-order valence-corrected chi connectivity index (χ2v) is 4.69. The molecule has 1 fully saturated rings. The van der Waals surface area contributed by atoms with Gasteiger partial charge in [-0.3, -0.25) is 4.79 Å². The minimum absolute atomic E-state index is 0.0467. The molecular weight excluding hydrogens is 321 g/mol. The summed E-state index contributed by atoms with van der Waals surface area (Å²) in [6.07, 6.45) is -4.53. The molecule has 0 aliphatic carbocycles. The third kappa shape index (κ3) is 4.55. The van der Waals surface area contributed by atoms with Crippen molar-refractivity contribution in [1.29, 1.82) is 0 Å². The molecule has 1 aromatic rings. The number of alkyl halides is 3. The van der Waals surface area contributed by atoms with E-state index in [4.69, 9.17) is 9.84 Å². The molecule has 0 saturated carbocycles. The van der Waals surface area contributed by atoms with Crippen molar-refractivity contribution in [2.45, 2.75) is 12.2 Å². The van der Waals surface area contributed by atoms with Crippen molar-refractivity contribution < 1.29 is 37.3 Å². The van der Waals surface area contributed by atoms with Gasteiger partial charge in [0, 0.05) is 12.6 Å². The van der Waals surface area contributed by atoms with Gasteiger partial charge in [-0.05, 0) is 6.07 Å². The maximum Gasteiger partial charge on any atom is 0.422 e. The smallest absolute Gasteiger partial charge is 0.422 e. The number of rotatable bonds is 4. The Labute approximate surface area is 128 Å². The average molecular weight is 334 g/mol. The van der Waals surface area contributed by atoms with Crippen LogP contribution in [0.3, 0.4) is 0 Å². The second-order valence-electron chi connectivity index (χ2n) is 4.69. The number of pyridine rings is 1. The average Bonchev–Trinajstić information content (AvgIpc) is 2.52. The summed E-state index contributed by atoms with van der Waals surface area (Å²) in [7, 11) is 0. The fourth-order valence-corrected chi connectivity index (χ4v) is 1.97. The minimum Gasteiger partial charge on any atom is -0.480 e. The number of ether oxygens (including phenoxy) is 2.